The molecule has 6 nitrogen and oxygen atoms in total. The molecule has 0 saturated carbocycles. The lowest BCUT2D eigenvalue weighted by Crippen LogP contribution is -2.46. The van der Waals surface area contributed by atoms with Crippen LogP contribution in [0, 0.1) is 0 Å². The average molecular weight is 318 g/mol. The molecule has 1 heterocycles. The van der Waals surface area contributed by atoms with Crippen LogP contribution in [0.5, 0.6) is 0 Å². The summed E-state index contributed by atoms with van der Waals surface area (Å²) in [5.41, 5.74) is 2.59. The van der Waals surface area contributed by atoms with E-state index in [2.05, 4.69) is 33.8 Å². The van der Waals surface area contributed by atoms with Crippen molar-refractivity contribution >= 4 is 11.9 Å². The standard InChI is InChI=1S/C17H26N4O2/c1-3-23-11-9-19-17(18-2)20-12-16(22)21-10-8-14-6-4-5-7-15(14)13-21/h4-7H,3,8-13H2,1-2H3,(H2,18,19,20). The van der Waals surface area contributed by atoms with Crippen LogP contribution >= 0.6 is 0 Å². The van der Waals surface area contributed by atoms with Crippen LogP contribution < -0.4 is 10.6 Å². The number of guanidine groups is 1. The third kappa shape index (κ3) is 5.25. The number of nitrogens with one attached hydrogen (secondary N) is 2. The molecule has 0 saturated heterocycles. The summed E-state index contributed by atoms with van der Waals surface area (Å²) in [7, 11) is 1.69. The molecular weight excluding hydrogens is 292 g/mol. The Morgan fingerprint density at radius 2 is 2.09 bits per heavy atom. The fraction of sp³-hybridized carbons (Fsp3) is 0.529. The lowest BCUT2D eigenvalue weighted by molar-refractivity contribution is -0.130. The second-order valence-corrected chi connectivity index (χ2v) is 5.38. The van der Waals surface area contributed by atoms with Crippen molar-refractivity contribution in [1.29, 1.82) is 0 Å². The summed E-state index contributed by atoms with van der Waals surface area (Å²) in [5.74, 6) is 0.711. The Morgan fingerprint density at radius 3 is 2.83 bits per heavy atom. The molecule has 0 aromatic heterocycles. The molecule has 0 atom stereocenters. The average Bonchev–Trinajstić information content (AvgIpc) is 2.60. The zero-order chi connectivity index (χ0) is 16.5. The van der Waals surface area contributed by atoms with Crippen LogP contribution in [-0.4, -0.2) is 56.7 Å². The van der Waals surface area contributed by atoms with Gasteiger partial charge in [-0.05, 0) is 24.5 Å². The SMILES string of the molecule is CCOCCNC(=NC)NCC(=O)N1CCc2ccccc2C1. The predicted molar refractivity (Wildman–Crippen MR) is 91.4 cm³/mol. The van der Waals surface area contributed by atoms with Gasteiger partial charge in [-0.3, -0.25) is 9.79 Å². The Balaban J connectivity index is 1.76. The zero-order valence-corrected chi connectivity index (χ0v) is 14.0. The molecule has 2 rings (SSSR count). The van der Waals surface area contributed by atoms with E-state index in [1.807, 2.05) is 17.9 Å². The van der Waals surface area contributed by atoms with Crippen LogP contribution in [0.1, 0.15) is 18.1 Å². The third-order valence-electron chi connectivity index (χ3n) is 3.86. The molecule has 0 unspecified atom stereocenters. The number of benzene rings is 1. The van der Waals surface area contributed by atoms with Crippen LogP contribution in [0.4, 0.5) is 0 Å². The van der Waals surface area contributed by atoms with Gasteiger partial charge in [0.25, 0.3) is 0 Å². The number of amides is 1. The van der Waals surface area contributed by atoms with E-state index in [1.165, 1.54) is 11.1 Å². The van der Waals surface area contributed by atoms with Crippen molar-refractivity contribution in [2.75, 3.05) is 39.9 Å². The fourth-order valence-electron chi connectivity index (χ4n) is 2.59. The lowest BCUT2D eigenvalue weighted by atomic mass is 10.00. The lowest BCUT2D eigenvalue weighted by Gasteiger charge is -2.29. The summed E-state index contributed by atoms with van der Waals surface area (Å²) in [4.78, 5) is 18.4. The summed E-state index contributed by atoms with van der Waals surface area (Å²) in [5, 5.41) is 6.18. The highest BCUT2D eigenvalue weighted by Gasteiger charge is 2.20. The van der Waals surface area contributed by atoms with Gasteiger partial charge in [0, 0.05) is 33.3 Å². The van der Waals surface area contributed by atoms with Gasteiger partial charge >= 0.3 is 0 Å². The molecule has 1 amide bonds. The van der Waals surface area contributed by atoms with Crippen LogP contribution in [-0.2, 0) is 22.5 Å². The summed E-state index contributed by atoms with van der Waals surface area (Å²) >= 11 is 0. The molecule has 0 aliphatic carbocycles. The Bertz CT molecular complexity index is 545. The number of hydrogen-bond donors (Lipinski definition) is 2. The van der Waals surface area contributed by atoms with Gasteiger partial charge in [-0.25, -0.2) is 0 Å². The normalized spacial score (nSPS) is 14.3. The van der Waals surface area contributed by atoms with Crippen molar-refractivity contribution in [2.45, 2.75) is 19.9 Å². The highest BCUT2D eigenvalue weighted by molar-refractivity contribution is 5.86. The Hall–Kier alpha value is -2.08. The fourth-order valence-corrected chi connectivity index (χ4v) is 2.59. The van der Waals surface area contributed by atoms with Crippen LogP contribution in [0.25, 0.3) is 0 Å². The molecule has 0 bridgehead atoms. The highest BCUT2D eigenvalue weighted by atomic mass is 16.5. The van der Waals surface area contributed by atoms with Gasteiger partial charge in [0.05, 0.1) is 13.2 Å². The van der Waals surface area contributed by atoms with Crippen LogP contribution in [0.2, 0.25) is 0 Å². The second kappa shape index (κ2) is 9.15. The first-order chi connectivity index (χ1) is 11.2. The van der Waals surface area contributed by atoms with Gasteiger partial charge in [0.2, 0.25) is 5.91 Å². The molecule has 0 fully saturated rings. The van der Waals surface area contributed by atoms with Crippen molar-refractivity contribution < 1.29 is 9.53 Å². The first-order valence-corrected chi connectivity index (χ1v) is 8.11. The van der Waals surface area contributed by atoms with E-state index in [0.717, 1.165) is 13.0 Å². The topological polar surface area (TPSA) is 66.0 Å². The first kappa shape index (κ1) is 17.3. The molecule has 23 heavy (non-hydrogen) atoms. The Kier molecular flexibility index (Phi) is 6.87. The number of carbonyl (C=O) groups is 1. The smallest absolute Gasteiger partial charge is 0.242 e. The number of hydrogen-bond acceptors (Lipinski definition) is 3. The van der Waals surface area contributed by atoms with E-state index in [9.17, 15) is 4.79 Å². The van der Waals surface area contributed by atoms with Gasteiger partial charge < -0.3 is 20.3 Å². The third-order valence-corrected chi connectivity index (χ3v) is 3.86. The number of fused-ring (bicyclic) bond motifs is 1. The first-order valence-electron chi connectivity index (χ1n) is 8.11. The van der Waals surface area contributed by atoms with Crippen molar-refractivity contribution in [1.82, 2.24) is 15.5 Å². The molecule has 126 valence electrons. The van der Waals surface area contributed by atoms with Crippen molar-refractivity contribution in [3.63, 3.8) is 0 Å². The predicted octanol–water partition coefficient (Wildman–Crippen LogP) is 0.773. The summed E-state index contributed by atoms with van der Waals surface area (Å²) in [6.45, 7) is 5.65. The zero-order valence-electron chi connectivity index (χ0n) is 14.0. The van der Waals surface area contributed by atoms with Crippen LogP contribution in [0.15, 0.2) is 29.3 Å². The maximum absolute atomic E-state index is 12.4. The van der Waals surface area contributed by atoms with E-state index >= 15 is 0 Å². The molecule has 6 heteroatoms. The van der Waals surface area contributed by atoms with Crippen LogP contribution in [0.3, 0.4) is 0 Å². The van der Waals surface area contributed by atoms with Crippen molar-refractivity contribution in [2.24, 2.45) is 4.99 Å². The highest BCUT2D eigenvalue weighted by Crippen LogP contribution is 2.18. The van der Waals surface area contributed by atoms with E-state index in [1.54, 1.807) is 7.05 Å². The quantitative estimate of drug-likeness (QED) is 0.462. The van der Waals surface area contributed by atoms with Gasteiger partial charge in [-0.1, -0.05) is 24.3 Å². The maximum atomic E-state index is 12.4. The molecule has 0 radical (unpaired) electrons. The molecule has 1 aliphatic rings. The minimum Gasteiger partial charge on any atom is -0.380 e. The summed E-state index contributed by atoms with van der Waals surface area (Å²) in [6.07, 6.45) is 0.920. The van der Waals surface area contributed by atoms with Gasteiger partial charge in [-0.2, -0.15) is 0 Å². The van der Waals surface area contributed by atoms with Gasteiger partial charge in [-0.15, -0.1) is 0 Å². The number of ether oxygens (including phenoxy) is 1. The molecule has 1 aliphatic heterocycles. The van der Waals surface area contributed by atoms with Gasteiger partial charge in [0.1, 0.15) is 0 Å². The number of rotatable bonds is 6. The Labute approximate surface area is 137 Å². The molecule has 1 aromatic carbocycles. The molecule has 2 N–H and O–H groups in total. The van der Waals surface area contributed by atoms with E-state index in [-0.39, 0.29) is 12.5 Å². The largest absolute Gasteiger partial charge is 0.380 e. The number of carbonyl (C=O) groups excluding carboxylic acids is 1. The van der Waals surface area contributed by atoms with E-state index in [0.29, 0.717) is 32.3 Å². The van der Waals surface area contributed by atoms with E-state index in [4.69, 9.17) is 4.74 Å². The second-order valence-electron chi connectivity index (χ2n) is 5.38. The minimum atomic E-state index is 0.0901. The van der Waals surface area contributed by atoms with Crippen molar-refractivity contribution in [3.05, 3.63) is 35.4 Å². The molecule has 1 aromatic rings. The number of aliphatic imine (C=N–C) groups is 1. The minimum absolute atomic E-state index is 0.0901. The Morgan fingerprint density at radius 1 is 1.30 bits per heavy atom. The number of nitrogens with zero attached hydrogens (tertiary/aromatic N) is 2. The van der Waals surface area contributed by atoms with E-state index < -0.39 is 0 Å². The monoisotopic (exact) mass is 318 g/mol. The molecular formula is C17H26N4O2. The maximum Gasteiger partial charge on any atom is 0.242 e. The summed E-state index contributed by atoms with van der Waals surface area (Å²) in [6, 6.07) is 8.31. The summed E-state index contributed by atoms with van der Waals surface area (Å²) < 4.78 is 5.26. The van der Waals surface area contributed by atoms with Gasteiger partial charge in [0.15, 0.2) is 5.96 Å². The molecule has 0 spiro atoms. The van der Waals surface area contributed by atoms with Crippen molar-refractivity contribution in [3.8, 4) is 0 Å².